The molecule has 0 aromatic carbocycles. The normalized spacial score (nSPS) is 12.0. The molecule has 0 atom stereocenters. The number of hydrogen-bond donors (Lipinski definition) is 3. The highest BCUT2D eigenvalue weighted by atomic mass is 28.4. The summed E-state index contributed by atoms with van der Waals surface area (Å²) in [4.78, 5) is 0. The molecule has 0 bridgehead atoms. The summed E-state index contributed by atoms with van der Waals surface area (Å²) in [6.45, 7) is 4.30. The van der Waals surface area contributed by atoms with E-state index in [-0.39, 0.29) is 0 Å². The van der Waals surface area contributed by atoms with Gasteiger partial charge in [0.25, 0.3) is 0 Å². The summed E-state index contributed by atoms with van der Waals surface area (Å²) in [5, 5.41) is 6.22. The van der Waals surface area contributed by atoms with Crippen molar-refractivity contribution in [1.29, 1.82) is 0 Å². The standard InChI is InChI=1S/C8H23N3O2Si/c1-12-14(3,13-2)6-4-5-10-8-11-7-9/h10-11H,4-9H2,1-3H3. The van der Waals surface area contributed by atoms with Crippen LogP contribution in [0.15, 0.2) is 0 Å². The van der Waals surface area contributed by atoms with Crippen molar-refractivity contribution in [1.82, 2.24) is 10.6 Å². The summed E-state index contributed by atoms with van der Waals surface area (Å²) in [6.07, 6.45) is 1.07. The third-order valence-electron chi connectivity index (χ3n) is 2.24. The predicted molar refractivity (Wildman–Crippen MR) is 60.1 cm³/mol. The highest BCUT2D eigenvalue weighted by Crippen LogP contribution is 2.12. The van der Waals surface area contributed by atoms with E-state index in [0.717, 1.165) is 25.7 Å². The zero-order valence-corrected chi connectivity index (χ0v) is 10.4. The van der Waals surface area contributed by atoms with Crippen LogP contribution in [0.25, 0.3) is 0 Å². The van der Waals surface area contributed by atoms with Crippen LogP contribution < -0.4 is 16.4 Å². The highest BCUT2D eigenvalue weighted by Gasteiger charge is 2.27. The first-order valence-electron chi connectivity index (χ1n) is 4.90. The lowest BCUT2D eigenvalue weighted by Gasteiger charge is -2.22. The number of rotatable bonds is 9. The summed E-state index contributed by atoms with van der Waals surface area (Å²) in [7, 11) is 1.59. The summed E-state index contributed by atoms with van der Waals surface area (Å²) in [5.74, 6) is 0. The highest BCUT2D eigenvalue weighted by molar-refractivity contribution is 6.65. The molecule has 0 rings (SSSR count). The average Bonchev–Trinajstić information content (AvgIpc) is 2.23. The van der Waals surface area contributed by atoms with Crippen molar-refractivity contribution in [3.05, 3.63) is 0 Å². The Morgan fingerprint density at radius 3 is 2.36 bits per heavy atom. The lowest BCUT2D eigenvalue weighted by molar-refractivity contribution is 0.248. The summed E-state index contributed by atoms with van der Waals surface area (Å²) in [6, 6.07) is 1.01. The molecule has 5 nitrogen and oxygen atoms in total. The van der Waals surface area contributed by atoms with Crippen LogP contribution in [-0.4, -0.2) is 42.7 Å². The number of nitrogens with one attached hydrogen (secondary N) is 2. The van der Waals surface area contributed by atoms with Gasteiger partial charge in [-0.15, -0.1) is 0 Å². The van der Waals surface area contributed by atoms with E-state index in [2.05, 4.69) is 17.2 Å². The summed E-state index contributed by atoms with van der Waals surface area (Å²) >= 11 is 0. The zero-order valence-electron chi connectivity index (χ0n) is 9.43. The SMILES string of the molecule is CO[Si](C)(CCCNCNCN)OC. The van der Waals surface area contributed by atoms with E-state index in [1.54, 1.807) is 14.2 Å². The van der Waals surface area contributed by atoms with Crippen molar-refractivity contribution >= 4 is 8.56 Å². The molecule has 0 amide bonds. The van der Waals surface area contributed by atoms with E-state index in [1.807, 2.05) is 0 Å². The van der Waals surface area contributed by atoms with Gasteiger partial charge in [-0.2, -0.15) is 0 Å². The minimum atomic E-state index is -1.85. The second-order valence-electron chi connectivity index (χ2n) is 3.28. The molecule has 0 heterocycles. The second kappa shape index (κ2) is 8.34. The first kappa shape index (κ1) is 14.0. The molecule has 0 unspecified atom stereocenters. The molecular weight excluding hydrogens is 198 g/mol. The van der Waals surface area contributed by atoms with Gasteiger partial charge in [-0.25, -0.2) is 0 Å². The van der Waals surface area contributed by atoms with Crippen LogP contribution in [0, 0.1) is 0 Å². The molecule has 0 spiro atoms. The van der Waals surface area contributed by atoms with Gasteiger partial charge in [0.2, 0.25) is 0 Å². The van der Waals surface area contributed by atoms with Gasteiger partial charge in [0, 0.05) is 27.6 Å². The van der Waals surface area contributed by atoms with Crippen LogP contribution in [0.5, 0.6) is 0 Å². The smallest absolute Gasteiger partial charge is 0.334 e. The van der Waals surface area contributed by atoms with E-state index in [0.29, 0.717) is 6.67 Å². The molecule has 4 N–H and O–H groups in total. The van der Waals surface area contributed by atoms with Crippen LogP contribution in [0.2, 0.25) is 12.6 Å². The van der Waals surface area contributed by atoms with E-state index < -0.39 is 8.56 Å². The fourth-order valence-electron chi connectivity index (χ4n) is 1.07. The fourth-order valence-corrected chi connectivity index (χ4v) is 2.46. The molecule has 0 aliphatic heterocycles. The molecule has 86 valence electrons. The largest absolute Gasteiger partial charge is 0.398 e. The topological polar surface area (TPSA) is 68.5 Å². The molecule has 0 saturated carbocycles. The maximum Gasteiger partial charge on any atom is 0.334 e. The molecule has 6 heteroatoms. The Balaban J connectivity index is 3.34. The Kier molecular flexibility index (Phi) is 8.35. The molecule has 0 fully saturated rings. The molecule has 0 saturated heterocycles. The Bertz CT molecular complexity index is 134. The van der Waals surface area contributed by atoms with Crippen LogP contribution >= 0.6 is 0 Å². The minimum Gasteiger partial charge on any atom is -0.398 e. The van der Waals surface area contributed by atoms with Gasteiger partial charge in [-0.05, 0) is 25.6 Å². The summed E-state index contributed by atoms with van der Waals surface area (Å²) in [5.41, 5.74) is 5.27. The Morgan fingerprint density at radius 2 is 1.86 bits per heavy atom. The van der Waals surface area contributed by atoms with Crippen LogP contribution in [0.4, 0.5) is 0 Å². The molecule has 0 radical (unpaired) electrons. The molecule has 0 aliphatic rings. The van der Waals surface area contributed by atoms with Crippen LogP contribution in [0.3, 0.4) is 0 Å². The summed E-state index contributed by atoms with van der Waals surface area (Å²) < 4.78 is 10.7. The molecule has 14 heavy (non-hydrogen) atoms. The monoisotopic (exact) mass is 221 g/mol. The number of hydrogen-bond acceptors (Lipinski definition) is 5. The van der Waals surface area contributed by atoms with Crippen molar-refractivity contribution in [3.8, 4) is 0 Å². The fraction of sp³-hybridized carbons (Fsp3) is 1.00. The predicted octanol–water partition coefficient (Wildman–Crippen LogP) is -0.206. The maximum atomic E-state index is 5.37. The third kappa shape index (κ3) is 6.47. The van der Waals surface area contributed by atoms with Gasteiger partial charge in [0.05, 0.1) is 0 Å². The van der Waals surface area contributed by atoms with Gasteiger partial charge in [0.15, 0.2) is 0 Å². The van der Waals surface area contributed by atoms with Crippen molar-refractivity contribution in [2.75, 3.05) is 34.1 Å². The van der Waals surface area contributed by atoms with Crippen LogP contribution in [0.1, 0.15) is 6.42 Å². The Morgan fingerprint density at radius 1 is 1.21 bits per heavy atom. The molecular formula is C8H23N3O2Si. The third-order valence-corrected chi connectivity index (χ3v) is 5.23. The molecule has 0 aliphatic carbocycles. The first-order chi connectivity index (χ1) is 6.68. The van der Waals surface area contributed by atoms with Crippen LogP contribution in [-0.2, 0) is 8.85 Å². The van der Waals surface area contributed by atoms with Gasteiger partial charge in [0.1, 0.15) is 0 Å². The number of nitrogens with two attached hydrogens (primary N) is 1. The van der Waals surface area contributed by atoms with E-state index in [4.69, 9.17) is 14.6 Å². The zero-order chi connectivity index (χ0) is 10.9. The van der Waals surface area contributed by atoms with Crippen molar-refractivity contribution in [3.63, 3.8) is 0 Å². The second-order valence-corrected chi connectivity index (χ2v) is 6.86. The quantitative estimate of drug-likeness (QED) is 0.286. The van der Waals surface area contributed by atoms with E-state index >= 15 is 0 Å². The van der Waals surface area contributed by atoms with Crippen molar-refractivity contribution in [2.24, 2.45) is 5.73 Å². The van der Waals surface area contributed by atoms with Crippen molar-refractivity contribution < 1.29 is 8.85 Å². The first-order valence-corrected chi connectivity index (χ1v) is 7.42. The van der Waals surface area contributed by atoms with Gasteiger partial charge < -0.3 is 19.9 Å². The van der Waals surface area contributed by atoms with E-state index in [1.165, 1.54) is 0 Å². The van der Waals surface area contributed by atoms with E-state index in [9.17, 15) is 0 Å². The minimum absolute atomic E-state index is 0.510. The molecule has 0 aromatic heterocycles. The Labute approximate surface area is 87.6 Å². The maximum absolute atomic E-state index is 5.37. The lowest BCUT2D eigenvalue weighted by atomic mass is 10.5. The van der Waals surface area contributed by atoms with Gasteiger partial charge in [-0.1, -0.05) is 0 Å². The van der Waals surface area contributed by atoms with Gasteiger partial charge in [-0.3, -0.25) is 5.32 Å². The van der Waals surface area contributed by atoms with Gasteiger partial charge >= 0.3 is 8.56 Å². The average molecular weight is 221 g/mol. The van der Waals surface area contributed by atoms with Crippen molar-refractivity contribution in [2.45, 2.75) is 19.0 Å². The molecule has 0 aromatic rings. The lowest BCUT2D eigenvalue weighted by Crippen LogP contribution is -2.38. The Hall–Kier alpha value is 0.0169.